The number of sulfone groups is 1. The third-order valence-corrected chi connectivity index (χ3v) is 7.26. The van der Waals surface area contributed by atoms with Crippen molar-refractivity contribution >= 4 is 44.2 Å². The van der Waals surface area contributed by atoms with Gasteiger partial charge in [0.05, 0.1) is 24.1 Å². The van der Waals surface area contributed by atoms with E-state index in [4.69, 9.17) is 9.47 Å². The summed E-state index contributed by atoms with van der Waals surface area (Å²) in [6, 6.07) is 9.52. The van der Waals surface area contributed by atoms with E-state index in [1.165, 1.54) is 31.6 Å². The van der Waals surface area contributed by atoms with Gasteiger partial charge in [-0.3, -0.25) is 4.79 Å². The second-order valence-electron chi connectivity index (χ2n) is 8.34. The molecular weight excluding hydrogens is 513 g/mol. The van der Waals surface area contributed by atoms with Crippen molar-refractivity contribution < 1.29 is 35.9 Å². The molecule has 1 unspecified atom stereocenters. The van der Waals surface area contributed by atoms with Crippen molar-refractivity contribution in [3.8, 4) is 11.5 Å². The maximum absolute atomic E-state index is 12.6. The molecule has 2 aromatic carbocycles. The van der Waals surface area contributed by atoms with Gasteiger partial charge in [0.25, 0.3) is 0 Å². The maximum Gasteiger partial charge on any atom is 0.422 e. The van der Waals surface area contributed by atoms with E-state index in [2.05, 4.69) is 20.6 Å². The molecular formula is C24H23F3N4O5S. The molecule has 0 bridgehead atoms. The number of fused-ring (bicyclic) bond motifs is 1. The molecule has 196 valence electrons. The quantitative estimate of drug-likeness (QED) is 0.419. The average Bonchev–Trinajstić information content (AvgIpc) is 3.19. The number of carbonyl (C=O) groups is 1. The number of benzene rings is 2. The lowest BCUT2D eigenvalue weighted by Gasteiger charge is -2.14. The van der Waals surface area contributed by atoms with Crippen LogP contribution in [0, 0.1) is 0 Å². The highest BCUT2D eigenvalue weighted by atomic mass is 32.2. The normalized spacial score (nSPS) is 17.1. The van der Waals surface area contributed by atoms with Gasteiger partial charge in [-0.1, -0.05) is 12.1 Å². The smallest absolute Gasteiger partial charge is 0.422 e. The van der Waals surface area contributed by atoms with Crippen LogP contribution in [0.15, 0.2) is 48.8 Å². The SMILES string of the molecule is COc1cc2c(Nc3ccc(C=CC(=O)NC4CCS(=O)(=O)C4)cc3)ncnc2cc1OCC(F)(F)F. The molecule has 1 fully saturated rings. The van der Waals surface area contributed by atoms with Gasteiger partial charge >= 0.3 is 6.18 Å². The number of amides is 1. The fourth-order valence-corrected chi connectivity index (χ4v) is 5.41. The molecule has 4 rings (SSSR count). The Morgan fingerprint density at radius 1 is 1.16 bits per heavy atom. The van der Waals surface area contributed by atoms with Crippen LogP contribution in [0.25, 0.3) is 17.0 Å². The van der Waals surface area contributed by atoms with E-state index in [1.54, 1.807) is 30.3 Å². The number of rotatable bonds is 8. The van der Waals surface area contributed by atoms with Crippen LogP contribution in [0.5, 0.6) is 11.5 Å². The molecule has 2 N–H and O–H groups in total. The molecule has 1 saturated heterocycles. The molecule has 0 aliphatic carbocycles. The van der Waals surface area contributed by atoms with Crippen molar-refractivity contribution in [1.82, 2.24) is 15.3 Å². The third-order valence-electron chi connectivity index (χ3n) is 5.49. The van der Waals surface area contributed by atoms with Gasteiger partial charge in [-0.2, -0.15) is 13.2 Å². The van der Waals surface area contributed by atoms with Gasteiger partial charge in [0, 0.05) is 29.3 Å². The number of hydrogen-bond acceptors (Lipinski definition) is 8. The molecule has 1 aliphatic rings. The Bertz CT molecular complexity index is 1430. The summed E-state index contributed by atoms with van der Waals surface area (Å²) < 4.78 is 70.8. The van der Waals surface area contributed by atoms with Crippen molar-refractivity contribution in [2.24, 2.45) is 0 Å². The summed E-state index contributed by atoms with van der Waals surface area (Å²) in [7, 11) is -1.76. The molecule has 2 heterocycles. The monoisotopic (exact) mass is 536 g/mol. The fraction of sp³-hybridized carbons (Fsp3) is 0.292. The van der Waals surface area contributed by atoms with E-state index in [0.29, 0.717) is 28.8 Å². The predicted octanol–water partition coefficient (Wildman–Crippen LogP) is 3.64. The lowest BCUT2D eigenvalue weighted by molar-refractivity contribution is -0.153. The first-order valence-electron chi connectivity index (χ1n) is 11.1. The molecule has 0 saturated carbocycles. The Labute approximate surface area is 210 Å². The number of methoxy groups -OCH3 is 1. The van der Waals surface area contributed by atoms with E-state index in [0.717, 1.165) is 5.56 Å². The topological polar surface area (TPSA) is 120 Å². The lowest BCUT2D eigenvalue weighted by Crippen LogP contribution is -2.34. The minimum atomic E-state index is -4.50. The molecule has 13 heteroatoms. The molecule has 1 aliphatic heterocycles. The van der Waals surface area contributed by atoms with E-state index in [9.17, 15) is 26.4 Å². The van der Waals surface area contributed by atoms with Gasteiger partial charge in [-0.25, -0.2) is 18.4 Å². The summed E-state index contributed by atoms with van der Waals surface area (Å²) in [5, 5.41) is 6.33. The fourth-order valence-electron chi connectivity index (χ4n) is 3.74. The number of nitrogens with one attached hydrogen (secondary N) is 2. The van der Waals surface area contributed by atoms with Crippen LogP contribution < -0.4 is 20.1 Å². The van der Waals surface area contributed by atoms with Crippen molar-refractivity contribution in [2.45, 2.75) is 18.6 Å². The maximum atomic E-state index is 12.6. The number of aromatic nitrogens is 2. The van der Waals surface area contributed by atoms with E-state index in [1.807, 2.05) is 0 Å². The Morgan fingerprint density at radius 2 is 1.92 bits per heavy atom. The zero-order valence-electron chi connectivity index (χ0n) is 19.6. The number of nitrogens with zero attached hydrogens (tertiary/aromatic N) is 2. The Balaban J connectivity index is 1.44. The number of anilines is 2. The Hall–Kier alpha value is -3.87. The molecule has 1 atom stereocenters. The summed E-state index contributed by atoms with van der Waals surface area (Å²) >= 11 is 0. The van der Waals surface area contributed by atoms with Crippen LogP contribution in [0.3, 0.4) is 0 Å². The Kier molecular flexibility index (Phi) is 7.52. The number of carbonyl (C=O) groups excluding carboxylic acids is 1. The van der Waals surface area contributed by atoms with E-state index in [-0.39, 0.29) is 35.0 Å². The summed E-state index contributed by atoms with van der Waals surface area (Å²) in [5.41, 5.74) is 1.76. The first kappa shape index (κ1) is 26.2. The highest BCUT2D eigenvalue weighted by Gasteiger charge is 2.29. The first-order valence-corrected chi connectivity index (χ1v) is 12.9. The molecule has 1 amide bonds. The van der Waals surface area contributed by atoms with Crippen molar-refractivity contribution in [3.63, 3.8) is 0 Å². The van der Waals surface area contributed by atoms with E-state index >= 15 is 0 Å². The molecule has 1 aromatic heterocycles. The van der Waals surface area contributed by atoms with Crippen molar-refractivity contribution in [1.29, 1.82) is 0 Å². The zero-order chi connectivity index (χ0) is 26.6. The molecule has 37 heavy (non-hydrogen) atoms. The molecule has 3 aromatic rings. The second kappa shape index (κ2) is 10.6. The van der Waals surface area contributed by atoms with Gasteiger partial charge in [-0.05, 0) is 36.3 Å². The largest absolute Gasteiger partial charge is 0.493 e. The minimum absolute atomic E-state index is 0.0432. The number of ether oxygens (including phenoxy) is 2. The average molecular weight is 537 g/mol. The van der Waals surface area contributed by atoms with Crippen LogP contribution in [-0.4, -0.2) is 61.7 Å². The minimum Gasteiger partial charge on any atom is -0.493 e. The van der Waals surface area contributed by atoms with Gasteiger partial charge in [0.2, 0.25) is 5.91 Å². The molecule has 9 nitrogen and oxygen atoms in total. The lowest BCUT2D eigenvalue weighted by atomic mass is 10.1. The zero-order valence-corrected chi connectivity index (χ0v) is 20.4. The summed E-state index contributed by atoms with van der Waals surface area (Å²) in [5.74, 6) is 0.0788. The van der Waals surface area contributed by atoms with Crippen molar-refractivity contribution in [2.75, 3.05) is 30.5 Å². The van der Waals surface area contributed by atoms with Gasteiger partial charge in [-0.15, -0.1) is 0 Å². The summed E-state index contributed by atoms with van der Waals surface area (Å²) in [4.78, 5) is 20.4. The number of hydrogen-bond donors (Lipinski definition) is 2. The highest BCUT2D eigenvalue weighted by molar-refractivity contribution is 7.91. The van der Waals surface area contributed by atoms with Crippen LogP contribution in [-0.2, 0) is 14.6 Å². The van der Waals surface area contributed by atoms with Gasteiger partial charge in [0.1, 0.15) is 12.1 Å². The van der Waals surface area contributed by atoms with E-state index < -0.39 is 22.6 Å². The van der Waals surface area contributed by atoms with Crippen LogP contribution in [0.1, 0.15) is 12.0 Å². The van der Waals surface area contributed by atoms with Crippen molar-refractivity contribution in [3.05, 3.63) is 54.4 Å². The first-order chi connectivity index (χ1) is 17.5. The third kappa shape index (κ3) is 7.09. The van der Waals surface area contributed by atoms with Crippen LogP contribution in [0.2, 0.25) is 0 Å². The standard InChI is InChI=1S/C24H23F3N4O5S/c1-35-20-10-18-19(11-21(20)36-13-24(25,26)27)28-14-29-23(18)31-16-5-2-15(3-6-16)4-7-22(32)30-17-8-9-37(33,34)12-17/h2-7,10-11,14,17H,8-9,12-13H2,1H3,(H,30,32)(H,28,29,31). The van der Waals surface area contributed by atoms with Gasteiger partial charge in [0.15, 0.2) is 27.9 Å². The van der Waals surface area contributed by atoms with Crippen LogP contribution >= 0.6 is 0 Å². The van der Waals surface area contributed by atoms with Crippen LogP contribution in [0.4, 0.5) is 24.7 Å². The summed E-state index contributed by atoms with van der Waals surface area (Å²) in [6.07, 6.45) is 0.137. The summed E-state index contributed by atoms with van der Waals surface area (Å²) in [6.45, 7) is -1.46. The molecule has 0 spiro atoms. The number of halogens is 3. The highest BCUT2D eigenvalue weighted by Crippen LogP contribution is 2.35. The number of alkyl halides is 3. The predicted molar refractivity (Wildman–Crippen MR) is 132 cm³/mol. The second-order valence-corrected chi connectivity index (χ2v) is 10.6. The van der Waals surface area contributed by atoms with Gasteiger partial charge < -0.3 is 20.1 Å². The Morgan fingerprint density at radius 3 is 2.57 bits per heavy atom. The molecule has 0 radical (unpaired) electrons.